The molecule has 9 nitrogen and oxygen atoms in total. The van der Waals surface area contributed by atoms with E-state index in [9.17, 15) is 9.59 Å². The molecule has 37 heavy (non-hydrogen) atoms. The Kier molecular flexibility index (Phi) is 8.70. The molecule has 1 aliphatic heterocycles. The number of para-hydroxylation sites is 1. The van der Waals surface area contributed by atoms with E-state index in [2.05, 4.69) is 15.2 Å². The Balaban J connectivity index is 1.40. The number of aromatic nitrogens is 1. The van der Waals surface area contributed by atoms with Crippen LogP contribution in [0.2, 0.25) is 0 Å². The Morgan fingerprint density at radius 3 is 2.54 bits per heavy atom. The molecule has 0 spiro atoms. The minimum atomic E-state index is -0.733. The summed E-state index contributed by atoms with van der Waals surface area (Å²) < 4.78 is 11.2. The lowest BCUT2D eigenvalue weighted by Gasteiger charge is -2.42. The van der Waals surface area contributed by atoms with Gasteiger partial charge in [0.2, 0.25) is 5.91 Å². The molecule has 4 rings (SSSR count). The standard InChI is InChI=1S/C28H34N4O5/c1-20-17-22(24-5-3-4-6-25(24)29-20)19-37-23-9-7-21(8-10-23)27(34)30-28(18-26(33)31-35)11-13-32(14-12-28)15-16-36-2/h3-10,17,35H,11-16,18-19H2,1-2H3,(H,30,34)(H,31,33). The van der Waals surface area contributed by atoms with Gasteiger partial charge in [0.1, 0.15) is 12.4 Å². The predicted octanol–water partition coefficient (Wildman–Crippen LogP) is 3.23. The molecule has 0 radical (unpaired) electrons. The first-order valence-electron chi connectivity index (χ1n) is 12.5. The maximum Gasteiger partial charge on any atom is 0.251 e. The molecule has 0 atom stereocenters. The van der Waals surface area contributed by atoms with Crippen molar-refractivity contribution >= 4 is 22.7 Å². The van der Waals surface area contributed by atoms with Crippen molar-refractivity contribution in [3.8, 4) is 5.75 Å². The summed E-state index contributed by atoms with van der Waals surface area (Å²) in [5.74, 6) is -0.137. The second-order valence-electron chi connectivity index (χ2n) is 9.53. The molecular weight excluding hydrogens is 472 g/mol. The zero-order valence-electron chi connectivity index (χ0n) is 21.3. The number of methoxy groups -OCH3 is 1. The number of aryl methyl sites for hydroxylation is 1. The molecular formula is C28H34N4O5. The number of pyridine rings is 1. The fraction of sp³-hybridized carbons (Fsp3) is 0.393. The van der Waals surface area contributed by atoms with E-state index in [1.54, 1.807) is 36.9 Å². The number of ether oxygens (including phenoxy) is 2. The first-order chi connectivity index (χ1) is 17.9. The van der Waals surface area contributed by atoms with Gasteiger partial charge in [-0.05, 0) is 56.2 Å². The highest BCUT2D eigenvalue weighted by atomic mass is 16.5. The van der Waals surface area contributed by atoms with Crippen LogP contribution in [0.4, 0.5) is 0 Å². The first-order valence-corrected chi connectivity index (χ1v) is 12.5. The second-order valence-corrected chi connectivity index (χ2v) is 9.53. The van der Waals surface area contributed by atoms with Crippen LogP contribution in [0, 0.1) is 6.92 Å². The van der Waals surface area contributed by atoms with Gasteiger partial charge >= 0.3 is 0 Å². The fourth-order valence-corrected chi connectivity index (χ4v) is 4.81. The third kappa shape index (κ3) is 6.82. The van der Waals surface area contributed by atoms with E-state index in [-0.39, 0.29) is 12.3 Å². The number of amides is 2. The number of carbonyl (C=O) groups is 2. The minimum Gasteiger partial charge on any atom is -0.489 e. The molecule has 3 aromatic rings. The largest absolute Gasteiger partial charge is 0.489 e. The Hall–Kier alpha value is -3.53. The molecule has 0 aliphatic carbocycles. The van der Waals surface area contributed by atoms with Gasteiger partial charge in [-0.25, -0.2) is 5.48 Å². The Morgan fingerprint density at radius 1 is 1.11 bits per heavy atom. The van der Waals surface area contributed by atoms with Crippen LogP contribution in [0.3, 0.4) is 0 Å². The summed E-state index contributed by atoms with van der Waals surface area (Å²) in [5, 5.41) is 13.2. The molecule has 1 aliphatic rings. The van der Waals surface area contributed by atoms with Crippen LogP contribution in [0.5, 0.6) is 5.75 Å². The van der Waals surface area contributed by atoms with E-state index in [4.69, 9.17) is 14.7 Å². The number of hydroxylamine groups is 1. The maximum atomic E-state index is 13.1. The quantitative estimate of drug-likeness (QED) is 0.286. The van der Waals surface area contributed by atoms with Crippen LogP contribution in [0.1, 0.15) is 40.9 Å². The van der Waals surface area contributed by atoms with Gasteiger partial charge < -0.3 is 19.7 Å². The van der Waals surface area contributed by atoms with Gasteiger partial charge in [0, 0.05) is 49.0 Å². The van der Waals surface area contributed by atoms with Gasteiger partial charge in [-0.3, -0.25) is 19.8 Å². The summed E-state index contributed by atoms with van der Waals surface area (Å²) in [5.41, 5.74) is 4.35. The number of rotatable bonds is 10. The summed E-state index contributed by atoms with van der Waals surface area (Å²) >= 11 is 0. The summed E-state index contributed by atoms with van der Waals surface area (Å²) in [6, 6.07) is 17.0. The van der Waals surface area contributed by atoms with Crippen molar-refractivity contribution in [1.82, 2.24) is 20.7 Å². The number of nitrogens with zero attached hydrogens (tertiary/aromatic N) is 2. The maximum absolute atomic E-state index is 13.1. The number of likely N-dealkylation sites (tertiary alicyclic amines) is 1. The molecule has 0 bridgehead atoms. The number of benzene rings is 2. The Morgan fingerprint density at radius 2 is 1.84 bits per heavy atom. The third-order valence-corrected chi connectivity index (χ3v) is 6.87. The number of piperidine rings is 1. The highest BCUT2D eigenvalue weighted by molar-refractivity contribution is 5.95. The molecule has 0 unspecified atom stereocenters. The van der Waals surface area contributed by atoms with Crippen molar-refractivity contribution < 1.29 is 24.3 Å². The minimum absolute atomic E-state index is 0.00780. The van der Waals surface area contributed by atoms with Crippen molar-refractivity contribution in [3.63, 3.8) is 0 Å². The molecule has 1 aromatic heterocycles. The van der Waals surface area contributed by atoms with E-state index in [0.717, 1.165) is 41.8 Å². The number of hydrogen-bond donors (Lipinski definition) is 3. The highest BCUT2D eigenvalue weighted by Crippen LogP contribution is 2.27. The van der Waals surface area contributed by atoms with Crippen molar-refractivity contribution in [2.75, 3.05) is 33.4 Å². The van der Waals surface area contributed by atoms with Crippen LogP contribution in [0.25, 0.3) is 10.9 Å². The fourth-order valence-electron chi connectivity index (χ4n) is 4.81. The zero-order valence-corrected chi connectivity index (χ0v) is 21.3. The molecule has 2 heterocycles. The van der Waals surface area contributed by atoms with Gasteiger partial charge in [-0.1, -0.05) is 18.2 Å². The molecule has 3 N–H and O–H groups in total. The molecule has 0 saturated carbocycles. The van der Waals surface area contributed by atoms with Crippen molar-refractivity contribution in [1.29, 1.82) is 0 Å². The topological polar surface area (TPSA) is 113 Å². The molecule has 2 aromatic carbocycles. The molecule has 1 saturated heterocycles. The van der Waals surface area contributed by atoms with E-state index in [1.165, 1.54) is 0 Å². The number of nitrogens with one attached hydrogen (secondary N) is 2. The summed E-state index contributed by atoms with van der Waals surface area (Å²) in [7, 11) is 1.67. The average Bonchev–Trinajstić information content (AvgIpc) is 2.91. The number of fused-ring (bicyclic) bond motifs is 1. The van der Waals surface area contributed by atoms with E-state index in [1.807, 2.05) is 37.3 Å². The number of hydrogen-bond acceptors (Lipinski definition) is 7. The Bertz CT molecular complexity index is 1220. The van der Waals surface area contributed by atoms with Crippen LogP contribution in [0.15, 0.2) is 54.6 Å². The smallest absolute Gasteiger partial charge is 0.251 e. The number of carbonyl (C=O) groups excluding carboxylic acids is 2. The van der Waals surface area contributed by atoms with E-state index < -0.39 is 11.4 Å². The van der Waals surface area contributed by atoms with E-state index >= 15 is 0 Å². The lowest BCUT2D eigenvalue weighted by molar-refractivity contribution is -0.131. The molecule has 2 amide bonds. The second kappa shape index (κ2) is 12.1. The van der Waals surface area contributed by atoms with Gasteiger partial charge in [-0.2, -0.15) is 0 Å². The normalized spacial score (nSPS) is 15.3. The summed E-state index contributed by atoms with van der Waals surface area (Å²) in [4.78, 5) is 32.0. The summed E-state index contributed by atoms with van der Waals surface area (Å²) in [6.45, 7) is 5.21. The zero-order chi connectivity index (χ0) is 26.3. The predicted molar refractivity (Wildman–Crippen MR) is 140 cm³/mol. The van der Waals surface area contributed by atoms with Crippen molar-refractivity contribution in [3.05, 3.63) is 71.4 Å². The van der Waals surface area contributed by atoms with Gasteiger partial charge in [0.15, 0.2) is 0 Å². The van der Waals surface area contributed by atoms with Gasteiger partial charge in [-0.15, -0.1) is 0 Å². The van der Waals surface area contributed by atoms with Crippen molar-refractivity contribution in [2.45, 2.75) is 38.3 Å². The molecule has 9 heteroatoms. The van der Waals surface area contributed by atoms with Crippen molar-refractivity contribution in [2.24, 2.45) is 0 Å². The highest BCUT2D eigenvalue weighted by Gasteiger charge is 2.38. The first kappa shape index (κ1) is 26.5. The van der Waals surface area contributed by atoms with E-state index in [0.29, 0.717) is 37.4 Å². The lowest BCUT2D eigenvalue weighted by atomic mass is 9.83. The third-order valence-electron chi connectivity index (χ3n) is 6.87. The molecule has 1 fully saturated rings. The average molecular weight is 507 g/mol. The monoisotopic (exact) mass is 506 g/mol. The van der Waals surface area contributed by atoms with Crippen LogP contribution >= 0.6 is 0 Å². The SMILES string of the molecule is COCCN1CCC(CC(=O)NO)(NC(=O)c2ccc(OCc3cc(C)nc4ccccc34)cc2)CC1. The van der Waals surface area contributed by atoms with Crippen LogP contribution in [-0.4, -0.2) is 65.8 Å². The van der Waals surface area contributed by atoms with Gasteiger partial charge in [0.25, 0.3) is 5.91 Å². The van der Waals surface area contributed by atoms with Crippen LogP contribution < -0.4 is 15.5 Å². The Labute approximate surface area is 216 Å². The lowest BCUT2D eigenvalue weighted by Crippen LogP contribution is -2.57. The molecule has 196 valence electrons. The van der Waals surface area contributed by atoms with Crippen LogP contribution in [-0.2, 0) is 16.1 Å². The summed E-state index contributed by atoms with van der Waals surface area (Å²) in [6.07, 6.45) is 1.20. The van der Waals surface area contributed by atoms with Gasteiger partial charge in [0.05, 0.1) is 24.1 Å².